The Morgan fingerprint density at radius 1 is 1.50 bits per heavy atom. The van der Waals surface area contributed by atoms with Crippen LogP contribution in [0.4, 0.5) is 0 Å². The van der Waals surface area contributed by atoms with Gasteiger partial charge in [0.2, 0.25) is 0 Å². The third kappa shape index (κ3) is 3.61. The van der Waals surface area contributed by atoms with Crippen molar-refractivity contribution in [2.24, 2.45) is 0 Å². The molecule has 1 aromatic rings. The lowest BCUT2D eigenvalue weighted by Crippen LogP contribution is -2.20. The molecule has 1 N–H and O–H groups in total. The Bertz CT molecular complexity index is 286. The summed E-state index contributed by atoms with van der Waals surface area (Å²) in [5.74, 6) is 0. The van der Waals surface area contributed by atoms with E-state index in [4.69, 9.17) is 4.74 Å². The van der Waals surface area contributed by atoms with Gasteiger partial charge in [0, 0.05) is 32.0 Å². The first-order valence-electron chi connectivity index (χ1n) is 6.10. The summed E-state index contributed by atoms with van der Waals surface area (Å²) >= 11 is 0. The molecule has 0 bridgehead atoms. The first-order valence-corrected chi connectivity index (χ1v) is 6.10. The summed E-state index contributed by atoms with van der Waals surface area (Å²) in [7, 11) is 2.00. The van der Waals surface area contributed by atoms with E-state index in [1.165, 1.54) is 5.69 Å². The van der Waals surface area contributed by atoms with Gasteiger partial charge in [-0.15, -0.1) is 0 Å². The zero-order chi connectivity index (χ0) is 11.8. The van der Waals surface area contributed by atoms with Gasteiger partial charge in [0.05, 0.1) is 5.69 Å². The Kier molecular flexibility index (Phi) is 6.11. The number of rotatable bonds is 8. The van der Waals surface area contributed by atoms with Crippen LogP contribution in [0.5, 0.6) is 0 Å². The molecule has 0 saturated heterocycles. The third-order valence-electron chi connectivity index (χ3n) is 2.74. The number of ether oxygens (including phenoxy) is 1. The number of nitrogens with one attached hydrogen (secondary N) is 1. The lowest BCUT2D eigenvalue weighted by atomic mass is 10.1. The van der Waals surface area contributed by atoms with E-state index in [9.17, 15) is 0 Å². The van der Waals surface area contributed by atoms with Crippen LogP contribution < -0.4 is 5.32 Å². The maximum atomic E-state index is 5.35. The van der Waals surface area contributed by atoms with Gasteiger partial charge in [0.25, 0.3) is 0 Å². The highest BCUT2D eigenvalue weighted by atomic mass is 16.5. The Hall–Kier alpha value is -0.870. The Morgan fingerprint density at radius 3 is 2.94 bits per heavy atom. The van der Waals surface area contributed by atoms with E-state index in [-0.39, 0.29) is 0 Å². The first kappa shape index (κ1) is 13.2. The van der Waals surface area contributed by atoms with Crippen LogP contribution in [-0.2, 0) is 11.3 Å². The van der Waals surface area contributed by atoms with Gasteiger partial charge in [0.15, 0.2) is 0 Å². The molecule has 0 spiro atoms. The van der Waals surface area contributed by atoms with Crippen molar-refractivity contribution in [2.45, 2.75) is 39.3 Å². The number of aryl methyl sites for hydroxylation is 1. The number of nitrogens with zero attached hydrogens (tertiary/aromatic N) is 2. The van der Waals surface area contributed by atoms with E-state index in [1.54, 1.807) is 0 Å². The summed E-state index contributed by atoms with van der Waals surface area (Å²) in [4.78, 5) is 0. The molecule has 0 aromatic carbocycles. The molecule has 0 aliphatic heterocycles. The molecule has 1 aromatic heterocycles. The van der Waals surface area contributed by atoms with Gasteiger partial charge in [-0.25, -0.2) is 0 Å². The van der Waals surface area contributed by atoms with Gasteiger partial charge in [-0.1, -0.05) is 0 Å². The van der Waals surface area contributed by atoms with Crippen molar-refractivity contribution in [3.8, 4) is 0 Å². The molecule has 1 unspecified atom stereocenters. The minimum atomic E-state index is 0.378. The van der Waals surface area contributed by atoms with Gasteiger partial charge in [-0.2, -0.15) is 5.10 Å². The van der Waals surface area contributed by atoms with Crippen LogP contribution in [0.3, 0.4) is 0 Å². The largest absolute Gasteiger partial charge is 0.382 e. The fourth-order valence-electron chi connectivity index (χ4n) is 1.88. The maximum absolute atomic E-state index is 5.35. The van der Waals surface area contributed by atoms with Crippen LogP contribution in [0, 0.1) is 0 Å². The predicted molar refractivity (Wildman–Crippen MR) is 65.4 cm³/mol. The lowest BCUT2D eigenvalue weighted by Gasteiger charge is -2.17. The molecule has 1 atom stereocenters. The van der Waals surface area contributed by atoms with Crippen molar-refractivity contribution < 1.29 is 4.74 Å². The molecule has 0 fully saturated rings. The summed E-state index contributed by atoms with van der Waals surface area (Å²) in [5.41, 5.74) is 1.27. The van der Waals surface area contributed by atoms with E-state index in [0.717, 1.165) is 32.6 Å². The third-order valence-corrected chi connectivity index (χ3v) is 2.74. The Morgan fingerprint density at radius 2 is 2.31 bits per heavy atom. The van der Waals surface area contributed by atoms with Crippen molar-refractivity contribution in [3.05, 3.63) is 18.0 Å². The highest BCUT2D eigenvalue weighted by Gasteiger charge is 2.12. The standard InChI is InChI=1S/C12H23N3O/c1-4-15-12(8-9-14-15)11(13-3)7-6-10-16-5-2/h8-9,11,13H,4-7,10H2,1-3H3. The van der Waals surface area contributed by atoms with Crippen LogP contribution >= 0.6 is 0 Å². The van der Waals surface area contributed by atoms with Crippen LogP contribution in [0.25, 0.3) is 0 Å². The molecule has 1 rings (SSSR count). The number of hydrogen-bond donors (Lipinski definition) is 1. The average molecular weight is 225 g/mol. The highest BCUT2D eigenvalue weighted by Crippen LogP contribution is 2.17. The monoisotopic (exact) mass is 225 g/mol. The quantitative estimate of drug-likeness (QED) is 0.688. The zero-order valence-corrected chi connectivity index (χ0v) is 10.6. The zero-order valence-electron chi connectivity index (χ0n) is 10.6. The van der Waals surface area contributed by atoms with Crippen molar-refractivity contribution in [1.29, 1.82) is 0 Å². The molecule has 92 valence electrons. The fraction of sp³-hybridized carbons (Fsp3) is 0.750. The molecule has 0 amide bonds. The lowest BCUT2D eigenvalue weighted by molar-refractivity contribution is 0.141. The molecule has 1 heterocycles. The fourth-order valence-corrected chi connectivity index (χ4v) is 1.88. The van der Waals surface area contributed by atoms with Gasteiger partial charge in [-0.3, -0.25) is 4.68 Å². The molecule has 0 aliphatic carbocycles. The predicted octanol–water partition coefficient (Wildman–Crippen LogP) is 1.98. The maximum Gasteiger partial charge on any atom is 0.0553 e. The minimum absolute atomic E-state index is 0.378. The summed E-state index contributed by atoms with van der Waals surface area (Å²) < 4.78 is 7.40. The van der Waals surface area contributed by atoms with Gasteiger partial charge >= 0.3 is 0 Å². The van der Waals surface area contributed by atoms with Crippen LogP contribution in [0.2, 0.25) is 0 Å². The number of aromatic nitrogens is 2. The van der Waals surface area contributed by atoms with Crippen molar-refractivity contribution in [2.75, 3.05) is 20.3 Å². The van der Waals surface area contributed by atoms with Gasteiger partial charge in [-0.05, 0) is 39.8 Å². The molecule has 4 heteroatoms. The number of hydrogen-bond acceptors (Lipinski definition) is 3. The molecular formula is C12H23N3O. The molecular weight excluding hydrogens is 202 g/mol. The second kappa shape index (κ2) is 7.41. The van der Waals surface area contributed by atoms with E-state index >= 15 is 0 Å². The van der Waals surface area contributed by atoms with Crippen LogP contribution in [0.1, 0.15) is 38.4 Å². The smallest absolute Gasteiger partial charge is 0.0553 e. The van der Waals surface area contributed by atoms with E-state index in [0.29, 0.717) is 6.04 Å². The molecule has 4 nitrogen and oxygen atoms in total. The van der Waals surface area contributed by atoms with Gasteiger partial charge < -0.3 is 10.1 Å². The SMILES string of the molecule is CCOCCCC(NC)c1ccnn1CC. The first-order chi connectivity index (χ1) is 7.83. The Balaban J connectivity index is 2.47. The average Bonchev–Trinajstić information content (AvgIpc) is 2.77. The molecule has 0 saturated carbocycles. The van der Waals surface area contributed by atoms with Gasteiger partial charge in [0.1, 0.15) is 0 Å². The van der Waals surface area contributed by atoms with Crippen LogP contribution in [-0.4, -0.2) is 30.0 Å². The molecule has 0 aliphatic rings. The highest BCUT2D eigenvalue weighted by molar-refractivity contribution is 5.06. The van der Waals surface area contributed by atoms with E-state index < -0.39 is 0 Å². The van der Waals surface area contributed by atoms with E-state index in [1.807, 2.05) is 24.9 Å². The Labute approximate surface area is 98.0 Å². The summed E-state index contributed by atoms with van der Waals surface area (Å²) in [6.45, 7) is 6.71. The minimum Gasteiger partial charge on any atom is -0.382 e. The second-order valence-corrected chi connectivity index (χ2v) is 3.75. The van der Waals surface area contributed by atoms with Crippen molar-refractivity contribution in [1.82, 2.24) is 15.1 Å². The summed E-state index contributed by atoms with van der Waals surface area (Å²) in [6.07, 6.45) is 4.03. The molecule has 0 radical (unpaired) electrons. The van der Waals surface area contributed by atoms with Crippen LogP contribution in [0.15, 0.2) is 12.3 Å². The normalized spacial score (nSPS) is 12.9. The van der Waals surface area contributed by atoms with E-state index in [2.05, 4.69) is 23.4 Å². The molecule has 16 heavy (non-hydrogen) atoms. The van der Waals surface area contributed by atoms with Crippen molar-refractivity contribution >= 4 is 0 Å². The summed E-state index contributed by atoms with van der Waals surface area (Å²) in [5, 5.41) is 7.63. The topological polar surface area (TPSA) is 39.1 Å². The second-order valence-electron chi connectivity index (χ2n) is 3.75. The van der Waals surface area contributed by atoms with Crippen molar-refractivity contribution in [3.63, 3.8) is 0 Å². The summed E-state index contributed by atoms with van der Waals surface area (Å²) in [6, 6.07) is 2.47.